The lowest BCUT2D eigenvalue weighted by atomic mass is 10.1. The average molecular weight is 415 g/mol. The summed E-state index contributed by atoms with van der Waals surface area (Å²) in [6, 6.07) is 15.4. The molecule has 0 aliphatic carbocycles. The van der Waals surface area contributed by atoms with Crippen molar-refractivity contribution < 1.29 is 13.2 Å². The second kappa shape index (κ2) is 8.68. The third-order valence-electron chi connectivity index (χ3n) is 4.37. The van der Waals surface area contributed by atoms with Gasteiger partial charge in [-0.1, -0.05) is 19.1 Å². The molecule has 0 spiro atoms. The van der Waals surface area contributed by atoms with Gasteiger partial charge < -0.3 is 5.32 Å². The van der Waals surface area contributed by atoms with Crippen LogP contribution < -0.4 is 10.0 Å². The van der Waals surface area contributed by atoms with Crippen LogP contribution in [-0.2, 0) is 10.0 Å². The zero-order valence-corrected chi connectivity index (χ0v) is 17.3. The fourth-order valence-corrected chi connectivity index (χ4v) is 4.60. The van der Waals surface area contributed by atoms with Crippen LogP contribution in [0.1, 0.15) is 30.6 Å². The summed E-state index contributed by atoms with van der Waals surface area (Å²) < 4.78 is 27.2. The number of thiophene rings is 1. The van der Waals surface area contributed by atoms with E-state index in [1.165, 1.54) is 24.3 Å². The molecule has 1 unspecified atom stereocenters. The van der Waals surface area contributed by atoms with Crippen LogP contribution >= 0.6 is 11.3 Å². The first-order valence-corrected chi connectivity index (χ1v) is 11.4. The maximum Gasteiger partial charge on any atom is 0.255 e. The van der Waals surface area contributed by atoms with Crippen LogP contribution in [0, 0.1) is 0 Å². The third kappa shape index (κ3) is 4.86. The van der Waals surface area contributed by atoms with Crippen LogP contribution in [-0.4, -0.2) is 20.4 Å². The summed E-state index contributed by atoms with van der Waals surface area (Å²) in [5.41, 5.74) is 3.20. The molecule has 0 bridgehead atoms. The first-order valence-electron chi connectivity index (χ1n) is 8.95. The number of rotatable bonds is 7. The highest BCUT2D eigenvalue weighted by molar-refractivity contribution is 7.89. The van der Waals surface area contributed by atoms with E-state index in [2.05, 4.69) is 10.0 Å². The van der Waals surface area contributed by atoms with Gasteiger partial charge in [-0.3, -0.25) is 4.79 Å². The Balaban J connectivity index is 1.73. The van der Waals surface area contributed by atoms with Crippen LogP contribution in [0.15, 0.2) is 70.3 Å². The Hall–Kier alpha value is -2.48. The van der Waals surface area contributed by atoms with E-state index in [1.54, 1.807) is 11.3 Å². The Labute approximate surface area is 169 Å². The van der Waals surface area contributed by atoms with Crippen molar-refractivity contribution in [3.63, 3.8) is 0 Å². The van der Waals surface area contributed by atoms with Crippen molar-refractivity contribution in [1.82, 2.24) is 4.72 Å². The summed E-state index contributed by atoms with van der Waals surface area (Å²) in [7, 11) is -3.58. The molecule has 0 aliphatic heterocycles. The van der Waals surface area contributed by atoms with Gasteiger partial charge in [0.05, 0.1) is 4.90 Å². The van der Waals surface area contributed by atoms with Crippen molar-refractivity contribution in [2.75, 3.05) is 5.32 Å². The maximum atomic E-state index is 12.5. The molecule has 1 amide bonds. The minimum atomic E-state index is -3.58. The van der Waals surface area contributed by atoms with Gasteiger partial charge in [-0.05, 0) is 77.7 Å². The predicted octanol–water partition coefficient (Wildman–Crippen LogP) is 4.74. The molecule has 0 radical (unpaired) electrons. The molecule has 1 aromatic heterocycles. The van der Waals surface area contributed by atoms with Crippen LogP contribution in [0.2, 0.25) is 0 Å². The summed E-state index contributed by atoms with van der Waals surface area (Å²) in [5.74, 6) is -0.290. The molecule has 28 heavy (non-hydrogen) atoms. The van der Waals surface area contributed by atoms with Crippen molar-refractivity contribution in [3.05, 3.63) is 70.9 Å². The minimum Gasteiger partial charge on any atom is -0.322 e. The highest BCUT2D eigenvalue weighted by Gasteiger charge is 2.17. The lowest BCUT2D eigenvalue weighted by Gasteiger charge is -2.12. The number of hydrogen-bond acceptors (Lipinski definition) is 4. The van der Waals surface area contributed by atoms with Crippen molar-refractivity contribution in [1.29, 1.82) is 0 Å². The van der Waals surface area contributed by atoms with Crippen LogP contribution in [0.5, 0.6) is 0 Å². The van der Waals surface area contributed by atoms with Crippen molar-refractivity contribution in [2.24, 2.45) is 0 Å². The number of anilines is 1. The van der Waals surface area contributed by atoms with E-state index < -0.39 is 10.0 Å². The van der Waals surface area contributed by atoms with Gasteiger partial charge in [0.15, 0.2) is 0 Å². The van der Waals surface area contributed by atoms with E-state index in [1.807, 2.05) is 54.9 Å². The quantitative estimate of drug-likeness (QED) is 0.586. The van der Waals surface area contributed by atoms with Gasteiger partial charge in [0, 0.05) is 17.3 Å². The molecular formula is C21H22N2O3S2. The Morgan fingerprint density at radius 3 is 2.46 bits per heavy atom. The molecule has 3 aromatic rings. The van der Waals surface area contributed by atoms with Gasteiger partial charge in [0.1, 0.15) is 0 Å². The highest BCUT2D eigenvalue weighted by Crippen LogP contribution is 2.25. The molecular weight excluding hydrogens is 392 g/mol. The third-order valence-corrected chi connectivity index (χ3v) is 6.66. The number of sulfonamides is 1. The molecule has 3 rings (SSSR count). The standard InChI is InChI=1S/C21H22N2O3S2/c1-3-15(2)23-28(25,26)20-9-7-16(8-10-20)21(24)22-19-6-4-5-17(13-19)18-11-12-27-14-18/h4-15,23H,3H2,1-2H3,(H,22,24). The number of benzene rings is 2. The molecule has 1 heterocycles. The Morgan fingerprint density at radius 2 is 1.82 bits per heavy atom. The van der Waals surface area contributed by atoms with Gasteiger partial charge in [0.2, 0.25) is 10.0 Å². The molecule has 2 aromatic carbocycles. The zero-order valence-electron chi connectivity index (χ0n) is 15.7. The normalized spacial score (nSPS) is 12.5. The molecule has 7 heteroatoms. The van der Waals surface area contributed by atoms with Gasteiger partial charge in [-0.2, -0.15) is 11.3 Å². The van der Waals surface area contributed by atoms with E-state index in [4.69, 9.17) is 0 Å². The Bertz CT molecular complexity index is 1040. The molecule has 146 valence electrons. The number of nitrogens with one attached hydrogen (secondary N) is 2. The fraction of sp³-hybridized carbons (Fsp3) is 0.190. The Morgan fingerprint density at radius 1 is 1.07 bits per heavy atom. The molecule has 0 fully saturated rings. The molecule has 1 atom stereocenters. The van der Waals surface area contributed by atoms with Crippen LogP contribution in [0.4, 0.5) is 5.69 Å². The summed E-state index contributed by atoms with van der Waals surface area (Å²) in [4.78, 5) is 12.7. The van der Waals surface area contributed by atoms with E-state index in [0.29, 0.717) is 17.7 Å². The van der Waals surface area contributed by atoms with E-state index in [-0.39, 0.29) is 16.8 Å². The monoisotopic (exact) mass is 414 g/mol. The molecule has 5 nitrogen and oxygen atoms in total. The molecule has 0 saturated carbocycles. The summed E-state index contributed by atoms with van der Waals surface area (Å²) in [5, 5.41) is 6.91. The number of carbonyl (C=O) groups is 1. The zero-order chi connectivity index (χ0) is 20.1. The van der Waals surface area contributed by atoms with E-state index in [9.17, 15) is 13.2 Å². The molecule has 2 N–H and O–H groups in total. The van der Waals surface area contributed by atoms with Crippen molar-refractivity contribution in [2.45, 2.75) is 31.2 Å². The largest absolute Gasteiger partial charge is 0.322 e. The van der Waals surface area contributed by atoms with Crippen molar-refractivity contribution in [3.8, 4) is 11.1 Å². The highest BCUT2D eigenvalue weighted by atomic mass is 32.2. The smallest absolute Gasteiger partial charge is 0.255 e. The van der Waals surface area contributed by atoms with Crippen molar-refractivity contribution >= 4 is 33.0 Å². The predicted molar refractivity (Wildman–Crippen MR) is 114 cm³/mol. The lowest BCUT2D eigenvalue weighted by molar-refractivity contribution is 0.102. The van der Waals surface area contributed by atoms with Crippen LogP contribution in [0.3, 0.4) is 0 Å². The SMILES string of the molecule is CCC(C)NS(=O)(=O)c1ccc(C(=O)Nc2cccc(-c3ccsc3)c2)cc1. The molecule has 0 aliphatic rings. The average Bonchev–Trinajstić information content (AvgIpc) is 3.23. The number of amides is 1. The lowest BCUT2D eigenvalue weighted by Crippen LogP contribution is -2.32. The first kappa shape index (κ1) is 20.3. The second-order valence-corrected chi connectivity index (χ2v) is 9.00. The topological polar surface area (TPSA) is 75.3 Å². The number of hydrogen-bond donors (Lipinski definition) is 2. The second-order valence-electron chi connectivity index (χ2n) is 6.50. The van der Waals surface area contributed by atoms with Gasteiger partial charge in [-0.15, -0.1) is 0 Å². The van der Waals surface area contributed by atoms with Gasteiger partial charge in [0.25, 0.3) is 5.91 Å². The fourth-order valence-electron chi connectivity index (χ4n) is 2.61. The minimum absolute atomic E-state index is 0.142. The maximum absolute atomic E-state index is 12.5. The van der Waals surface area contributed by atoms with Crippen LogP contribution in [0.25, 0.3) is 11.1 Å². The summed E-state index contributed by atoms with van der Waals surface area (Å²) in [6.45, 7) is 3.72. The van der Waals surface area contributed by atoms with Gasteiger partial charge in [-0.25, -0.2) is 13.1 Å². The summed E-state index contributed by atoms with van der Waals surface area (Å²) >= 11 is 1.62. The van der Waals surface area contributed by atoms with Gasteiger partial charge >= 0.3 is 0 Å². The van der Waals surface area contributed by atoms with E-state index >= 15 is 0 Å². The van der Waals surface area contributed by atoms with E-state index in [0.717, 1.165) is 11.1 Å². The number of carbonyl (C=O) groups excluding carboxylic acids is 1. The Kier molecular flexibility index (Phi) is 6.28. The summed E-state index contributed by atoms with van der Waals surface area (Å²) in [6.07, 6.45) is 0.699. The molecule has 0 saturated heterocycles. The first-order chi connectivity index (χ1) is 13.4.